The third kappa shape index (κ3) is 3.64. The fourth-order valence-electron chi connectivity index (χ4n) is 2.04. The van der Waals surface area contributed by atoms with Crippen LogP contribution in [0.3, 0.4) is 0 Å². The molecule has 0 fully saturated rings. The van der Waals surface area contributed by atoms with Crippen molar-refractivity contribution in [3.8, 4) is 5.75 Å². The van der Waals surface area contributed by atoms with E-state index in [-0.39, 0.29) is 0 Å². The van der Waals surface area contributed by atoms with Crippen LogP contribution in [0.25, 0.3) is 0 Å². The molecule has 2 nitrogen and oxygen atoms in total. The predicted octanol–water partition coefficient (Wildman–Crippen LogP) is 5.44. The first-order valence-electron chi connectivity index (χ1n) is 6.50. The quantitative estimate of drug-likeness (QED) is 0.800. The van der Waals surface area contributed by atoms with Gasteiger partial charge in [-0.25, -0.2) is 0 Å². The Morgan fingerprint density at radius 1 is 1.05 bits per heavy atom. The summed E-state index contributed by atoms with van der Waals surface area (Å²) in [6.45, 7) is 4.24. The van der Waals surface area contributed by atoms with Crippen molar-refractivity contribution in [1.29, 1.82) is 0 Å². The Bertz CT molecular complexity index is 656. The van der Waals surface area contributed by atoms with Gasteiger partial charge in [-0.15, -0.1) is 0 Å². The smallest absolute Gasteiger partial charge is 0.139 e. The van der Waals surface area contributed by atoms with Gasteiger partial charge in [-0.05, 0) is 37.1 Å². The zero-order valence-corrected chi connectivity index (χ0v) is 13.9. The van der Waals surface area contributed by atoms with E-state index in [1.165, 1.54) is 0 Å². The SMILES string of the molecule is CCOc1cc(Cl)c(C(O)c2ccc(Cl)c(C)c2)cc1Cl. The molecular weight excluding hydrogens is 331 g/mol. The Balaban J connectivity index is 2.40. The van der Waals surface area contributed by atoms with E-state index in [4.69, 9.17) is 39.5 Å². The second-order valence-corrected chi connectivity index (χ2v) is 5.87. The first kappa shape index (κ1) is 16.4. The molecule has 2 rings (SSSR count). The molecule has 0 aliphatic rings. The Labute approximate surface area is 139 Å². The molecule has 2 aromatic carbocycles. The summed E-state index contributed by atoms with van der Waals surface area (Å²) in [5, 5.41) is 12.0. The fourth-order valence-corrected chi connectivity index (χ4v) is 2.64. The van der Waals surface area contributed by atoms with Gasteiger partial charge < -0.3 is 9.84 Å². The van der Waals surface area contributed by atoms with Crippen molar-refractivity contribution in [2.45, 2.75) is 20.0 Å². The van der Waals surface area contributed by atoms with Crippen molar-refractivity contribution in [2.24, 2.45) is 0 Å². The Hall–Kier alpha value is -0.930. The number of hydrogen-bond donors (Lipinski definition) is 1. The summed E-state index contributed by atoms with van der Waals surface area (Å²) in [6.07, 6.45) is -0.873. The highest BCUT2D eigenvalue weighted by atomic mass is 35.5. The predicted molar refractivity (Wildman–Crippen MR) is 87.9 cm³/mol. The maximum atomic E-state index is 10.5. The van der Waals surface area contributed by atoms with Crippen LogP contribution in [-0.4, -0.2) is 11.7 Å². The van der Waals surface area contributed by atoms with E-state index < -0.39 is 6.10 Å². The minimum absolute atomic E-state index is 0.406. The van der Waals surface area contributed by atoms with Gasteiger partial charge in [-0.1, -0.05) is 46.9 Å². The van der Waals surface area contributed by atoms with Crippen LogP contribution in [-0.2, 0) is 0 Å². The number of aryl methyl sites for hydroxylation is 1. The van der Waals surface area contributed by atoms with Crippen LogP contribution in [0, 0.1) is 6.92 Å². The molecule has 112 valence electrons. The molecule has 0 bridgehead atoms. The number of rotatable bonds is 4. The number of aliphatic hydroxyl groups excluding tert-OH is 1. The van der Waals surface area contributed by atoms with Crippen molar-refractivity contribution >= 4 is 34.8 Å². The van der Waals surface area contributed by atoms with E-state index in [2.05, 4.69) is 0 Å². The topological polar surface area (TPSA) is 29.5 Å². The average molecular weight is 346 g/mol. The molecule has 1 N–H and O–H groups in total. The largest absolute Gasteiger partial charge is 0.492 e. The molecule has 0 spiro atoms. The number of hydrogen-bond acceptors (Lipinski definition) is 2. The first-order chi connectivity index (χ1) is 9.93. The van der Waals surface area contributed by atoms with Gasteiger partial charge in [0.25, 0.3) is 0 Å². The fraction of sp³-hybridized carbons (Fsp3) is 0.250. The van der Waals surface area contributed by atoms with Gasteiger partial charge in [-0.2, -0.15) is 0 Å². The Morgan fingerprint density at radius 3 is 2.38 bits per heavy atom. The monoisotopic (exact) mass is 344 g/mol. The maximum Gasteiger partial charge on any atom is 0.139 e. The van der Waals surface area contributed by atoms with Crippen LogP contribution >= 0.6 is 34.8 Å². The number of benzene rings is 2. The van der Waals surface area contributed by atoms with Gasteiger partial charge in [0.15, 0.2) is 0 Å². The zero-order valence-electron chi connectivity index (χ0n) is 11.7. The molecule has 2 aromatic rings. The lowest BCUT2D eigenvalue weighted by Crippen LogP contribution is -2.02. The molecule has 0 aromatic heterocycles. The highest BCUT2D eigenvalue weighted by Gasteiger charge is 2.17. The van der Waals surface area contributed by atoms with Gasteiger partial charge in [-0.3, -0.25) is 0 Å². The summed E-state index contributed by atoms with van der Waals surface area (Å²) in [5.41, 5.74) is 2.13. The first-order valence-corrected chi connectivity index (χ1v) is 7.63. The number of halogens is 3. The molecule has 1 unspecified atom stereocenters. The maximum absolute atomic E-state index is 10.5. The molecule has 0 radical (unpaired) electrons. The molecule has 5 heteroatoms. The molecule has 0 aliphatic heterocycles. The molecule has 0 saturated carbocycles. The van der Waals surface area contributed by atoms with Crippen LogP contribution in [0.5, 0.6) is 5.75 Å². The second-order valence-electron chi connectivity index (χ2n) is 4.65. The lowest BCUT2D eigenvalue weighted by molar-refractivity contribution is 0.220. The van der Waals surface area contributed by atoms with Gasteiger partial charge in [0.2, 0.25) is 0 Å². The van der Waals surface area contributed by atoms with E-state index in [0.29, 0.717) is 38.6 Å². The minimum atomic E-state index is -0.873. The lowest BCUT2D eigenvalue weighted by Gasteiger charge is -2.16. The molecule has 0 saturated heterocycles. The molecule has 0 aliphatic carbocycles. The van der Waals surface area contributed by atoms with Crippen molar-refractivity contribution in [2.75, 3.05) is 6.61 Å². The standard InChI is InChI=1S/C16H15Cl3O2/c1-3-21-15-8-13(18)11(7-14(15)19)16(20)10-4-5-12(17)9(2)6-10/h4-8,16,20H,3H2,1-2H3. The molecule has 0 amide bonds. The normalized spacial score (nSPS) is 12.3. The molecule has 0 heterocycles. The van der Waals surface area contributed by atoms with E-state index in [1.54, 1.807) is 24.3 Å². The number of aliphatic hydroxyl groups is 1. The van der Waals surface area contributed by atoms with Gasteiger partial charge in [0.1, 0.15) is 11.9 Å². The summed E-state index contributed by atoms with van der Waals surface area (Å²) in [7, 11) is 0. The Kier molecular flexibility index (Phi) is 5.39. The van der Waals surface area contributed by atoms with Crippen LogP contribution in [0.1, 0.15) is 29.7 Å². The van der Waals surface area contributed by atoms with Gasteiger partial charge in [0.05, 0.1) is 16.7 Å². The lowest BCUT2D eigenvalue weighted by atomic mass is 10.00. The van der Waals surface area contributed by atoms with Gasteiger partial charge in [0, 0.05) is 16.7 Å². The summed E-state index contributed by atoms with van der Waals surface area (Å²) in [6, 6.07) is 8.59. The summed E-state index contributed by atoms with van der Waals surface area (Å²) in [4.78, 5) is 0. The van der Waals surface area contributed by atoms with Crippen molar-refractivity contribution < 1.29 is 9.84 Å². The van der Waals surface area contributed by atoms with Crippen molar-refractivity contribution in [3.63, 3.8) is 0 Å². The van der Waals surface area contributed by atoms with Crippen LogP contribution in [0.15, 0.2) is 30.3 Å². The zero-order chi connectivity index (χ0) is 15.6. The molecular formula is C16H15Cl3O2. The van der Waals surface area contributed by atoms with E-state index in [1.807, 2.05) is 19.9 Å². The number of ether oxygens (including phenoxy) is 1. The molecule has 1 atom stereocenters. The second kappa shape index (κ2) is 6.89. The average Bonchev–Trinajstić information content (AvgIpc) is 2.45. The van der Waals surface area contributed by atoms with E-state index in [0.717, 1.165) is 5.56 Å². The van der Waals surface area contributed by atoms with E-state index >= 15 is 0 Å². The third-order valence-electron chi connectivity index (χ3n) is 3.14. The molecule has 21 heavy (non-hydrogen) atoms. The highest BCUT2D eigenvalue weighted by Crippen LogP contribution is 2.36. The minimum Gasteiger partial charge on any atom is -0.492 e. The Morgan fingerprint density at radius 2 is 1.76 bits per heavy atom. The summed E-state index contributed by atoms with van der Waals surface area (Å²) in [5.74, 6) is 0.507. The van der Waals surface area contributed by atoms with E-state index in [9.17, 15) is 5.11 Å². The van der Waals surface area contributed by atoms with Crippen LogP contribution < -0.4 is 4.74 Å². The van der Waals surface area contributed by atoms with Crippen molar-refractivity contribution in [1.82, 2.24) is 0 Å². The van der Waals surface area contributed by atoms with Crippen molar-refractivity contribution in [3.05, 3.63) is 62.1 Å². The highest BCUT2D eigenvalue weighted by molar-refractivity contribution is 6.34. The summed E-state index contributed by atoms with van der Waals surface area (Å²) >= 11 is 18.4. The summed E-state index contributed by atoms with van der Waals surface area (Å²) < 4.78 is 5.38. The third-order valence-corrected chi connectivity index (χ3v) is 4.19. The van der Waals surface area contributed by atoms with Crippen LogP contribution in [0.4, 0.5) is 0 Å². The van der Waals surface area contributed by atoms with Crippen LogP contribution in [0.2, 0.25) is 15.1 Å². The van der Waals surface area contributed by atoms with Gasteiger partial charge >= 0.3 is 0 Å².